The molecule has 1 aromatic carbocycles. The van der Waals surface area contributed by atoms with Crippen LogP contribution in [0.5, 0.6) is 0 Å². The van der Waals surface area contributed by atoms with Crippen molar-refractivity contribution in [1.29, 1.82) is 0 Å². The number of nitrogens with one attached hydrogen (secondary N) is 2. The van der Waals surface area contributed by atoms with Crippen molar-refractivity contribution in [2.24, 2.45) is 4.99 Å². The number of rotatable bonds is 6. The van der Waals surface area contributed by atoms with Gasteiger partial charge >= 0.3 is 0 Å². The van der Waals surface area contributed by atoms with Gasteiger partial charge < -0.3 is 10.6 Å². The molecule has 1 saturated carbocycles. The Hall–Kier alpha value is -0.430. The highest BCUT2D eigenvalue weighted by molar-refractivity contribution is 14.0. The molecule has 0 amide bonds. The Kier molecular flexibility index (Phi) is 8.37. The minimum absolute atomic E-state index is 0. The second-order valence-electron chi connectivity index (χ2n) is 4.88. The van der Waals surface area contributed by atoms with Gasteiger partial charge in [-0.25, -0.2) is 0 Å². The highest BCUT2D eigenvalue weighted by Crippen LogP contribution is 2.22. The number of guanidine groups is 1. The summed E-state index contributed by atoms with van der Waals surface area (Å²) in [5.74, 6) is 0.963. The second-order valence-corrected chi connectivity index (χ2v) is 6.39. The smallest absolute Gasteiger partial charge is 0.191 e. The molecule has 1 fully saturated rings. The van der Waals surface area contributed by atoms with Crippen molar-refractivity contribution in [2.45, 2.75) is 42.9 Å². The van der Waals surface area contributed by atoms with Crippen LogP contribution >= 0.6 is 35.7 Å². The van der Waals surface area contributed by atoms with Crippen molar-refractivity contribution in [1.82, 2.24) is 10.6 Å². The first-order valence-electron chi connectivity index (χ1n) is 7.04. The maximum absolute atomic E-state index is 4.66. The van der Waals surface area contributed by atoms with E-state index in [1.54, 1.807) is 0 Å². The molecule has 2 rings (SSSR count). The predicted molar refractivity (Wildman–Crippen MR) is 99.3 cm³/mol. The molecule has 0 saturated heterocycles. The molecular formula is C15H24IN3S. The molecular weight excluding hydrogens is 381 g/mol. The fraction of sp³-hybridized carbons (Fsp3) is 0.533. The van der Waals surface area contributed by atoms with E-state index in [0.717, 1.165) is 19.0 Å². The molecule has 0 radical (unpaired) electrons. The lowest BCUT2D eigenvalue weighted by molar-refractivity contribution is 0.806. The molecule has 1 aliphatic rings. The molecule has 0 bridgehead atoms. The van der Waals surface area contributed by atoms with Gasteiger partial charge in [-0.2, -0.15) is 0 Å². The Morgan fingerprint density at radius 2 is 2.05 bits per heavy atom. The lowest BCUT2D eigenvalue weighted by Crippen LogP contribution is -2.38. The van der Waals surface area contributed by atoms with Gasteiger partial charge in [0.15, 0.2) is 5.96 Å². The van der Waals surface area contributed by atoms with Crippen LogP contribution in [0.3, 0.4) is 0 Å². The first kappa shape index (κ1) is 17.6. The van der Waals surface area contributed by atoms with Gasteiger partial charge in [0.05, 0.1) is 6.54 Å². The van der Waals surface area contributed by atoms with Crippen LogP contribution in [0.2, 0.25) is 0 Å². The van der Waals surface area contributed by atoms with E-state index in [0.29, 0.717) is 11.3 Å². The van der Waals surface area contributed by atoms with Crippen LogP contribution in [0.4, 0.5) is 0 Å². The third-order valence-electron chi connectivity index (χ3n) is 2.85. The predicted octanol–water partition coefficient (Wildman–Crippen LogP) is 3.50. The van der Waals surface area contributed by atoms with E-state index in [9.17, 15) is 0 Å². The summed E-state index contributed by atoms with van der Waals surface area (Å²) in [5.41, 5.74) is 0. The summed E-state index contributed by atoms with van der Waals surface area (Å²) in [6.45, 7) is 6.08. The van der Waals surface area contributed by atoms with Crippen molar-refractivity contribution < 1.29 is 0 Å². The van der Waals surface area contributed by atoms with Gasteiger partial charge in [-0.15, -0.1) is 35.7 Å². The van der Waals surface area contributed by atoms with Crippen LogP contribution in [0.1, 0.15) is 26.7 Å². The third kappa shape index (κ3) is 6.83. The van der Waals surface area contributed by atoms with E-state index < -0.39 is 0 Å². The largest absolute Gasteiger partial charge is 0.357 e. The Labute approximate surface area is 143 Å². The molecule has 1 aromatic rings. The molecule has 20 heavy (non-hydrogen) atoms. The lowest BCUT2D eigenvalue weighted by atomic mass is 10.4. The number of hydrogen-bond donors (Lipinski definition) is 2. The molecule has 0 aromatic heterocycles. The van der Waals surface area contributed by atoms with Crippen LogP contribution in [0.15, 0.2) is 40.2 Å². The van der Waals surface area contributed by atoms with E-state index in [1.165, 1.54) is 17.7 Å². The topological polar surface area (TPSA) is 36.4 Å². The number of nitrogens with zero attached hydrogens (tertiary/aromatic N) is 1. The monoisotopic (exact) mass is 405 g/mol. The second kappa shape index (κ2) is 9.50. The van der Waals surface area contributed by atoms with Crippen LogP contribution in [0, 0.1) is 0 Å². The summed E-state index contributed by atoms with van der Waals surface area (Å²) < 4.78 is 0. The average molecular weight is 405 g/mol. The minimum Gasteiger partial charge on any atom is -0.357 e. The van der Waals surface area contributed by atoms with E-state index in [2.05, 4.69) is 59.8 Å². The molecule has 2 N–H and O–H groups in total. The third-order valence-corrected chi connectivity index (χ3v) is 3.95. The first-order valence-corrected chi connectivity index (χ1v) is 7.92. The Morgan fingerprint density at radius 1 is 1.35 bits per heavy atom. The average Bonchev–Trinajstić information content (AvgIpc) is 3.21. The SMILES string of the molecule is CCNC(=NCC(C)Sc1ccccc1)NC1CC1.I. The van der Waals surface area contributed by atoms with E-state index in [4.69, 9.17) is 0 Å². The molecule has 1 atom stereocenters. The molecule has 1 aliphatic carbocycles. The lowest BCUT2D eigenvalue weighted by Gasteiger charge is -2.12. The Balaban J connectivity index is 0.00000200. The van der Waals surface area contributed by atoms with Gasteiger partial charge in [-0.05, 0) is 31.9 Å². The molecule has 0 heterocycles. The van der Waals surface area contributed by atoms with Crippen LogP contribution in [-0.4, -0.2) is 30.3 Å². The molecule has 112 valence electrons. The van der Waals surface area contributed by atoms with Gasteiger partial charge in [-0.3, -0.25) is 4.99 Å². The maximum atomic E-state index is 4.66. The molecule has 3 nitrogen and oxygen atoms in total. The highest BCUT2D eigenvalue weighted by Gasteiger charge is 2.22. The van der Waals surface area contributed by atoms with Crippen LogP contribution < -0.4 is 10.6 Å². The quantitative estimate of drug-likeness (QED) is 0.329. The van der Waals surface area contributed by atoms with Crippen molar-refractivity contribution in [3.8, 4) is 0 Å². The number of hydrogen-bond acceptors (Lipinski definition) is 2. The van der Waals surface area contributed by atoms with Gasteiger partial charge in [0, 0.05) is 22.7 Å². The summed E-state index contributed by atoms with van der Waals surface area (Å²) in [4.78, 5) is 5.97. The zero-order valence-corrected chi connectivity index (χ0v) is 15.3. The van der Waals surface area contributed by atoms with Crippen molar-refractivity contribution in [2.75, 3.05) is 13.1 Å². The zero-order valence-electron chi connectivity index (χ0n) is 12.1. The van der Waals surface area contributed by atoms with E-state index in [1.807, 2.05) is 11.8 Å². The molecule has 0 aliphatic heterocycles. The minimum atomic E-state index is 0. The normalized spacial score (nSPS) is 16.2. The van der Waals surface area contributed by atoms with Crippen molar-refractivity contribution in [3.63, 3.8) is 0 Å². The van der Waals surface area contributed by atoms with Crippen molar-refractivity contribution in [3.05, 3.63) is 30.3 Å². The van der Waals surface area contributed by atoms with Crippen LogP contribution in [-0.2, 0) is 0 Å². The Bertz CT molecular complexity index is 407. The molecule has 5 heteroatoms. The van der Waals surface area contributed by atoms with Gasteiger partial charge in [0.2, 0.25) is 0 Å². The number of aliphatic imine (C=N–C) groups is 1. The van der Waals surface area contributed by atoms with E-state index >= 15 is 0 Å². The number of thioether (sulfide) groups is 1. The summed E-state index contributed by atoms with van der Waals surface area (Å²) in [6, 6.07) is 11.2. The standard InChI is InChI=1S/C15H23N3S.HI/c1-3-16-15(18-13-9-10-13)17-11-12(2)19-14-7-5-4-6-8-14;/h4-8,12-13H,3,9-11H2,1-2H3,(H2,16,17,18);1H. The molecule has 0 spiro atoms. The number of halogens is 1. The highest BCUT2D eigenvalue weighted by atomic mass is 127. The fourth-order valence-electron chi connectivity index (χ4n) is 1.73. The summed E-state index contributed by atoms with van der Waals surface area (Å²) in [7, 11) is 0. The number of benzene rings is 1. The Morgan fingerprint density at radius 3 is 2.65 bits per heavy atom. The fourth-order valence-corrected chi connectivity index (χ4v) is 2.66. The van der Waals surface area contributed by atoms with Gasteiger partial charge in [-0.1, -0.05) is 25.1 Å². The summed E-state index contributed by atoms with van der Waals surface area (Å²) in [6.07, 6.45) is 2.55. The van der Waals surface area contributed by atoms with Gasteiger partial charge in [0.25, 0.3) is 0 Å². The zero-order chi connectivity index (χ0) is 13.5. The van der Waals surface area contributed by atoms with Crippen LogP contribution in [0.25, 0.3) is 0 Å². The first-order chi connectivity index (χ1) is 9.28. The molecule has 1 unspecified atom stereocenters. The van der Waals surface area contributed by atoms with Crippen molar-refractivity contribution >= 4 is 41.7 Å². The van der Waals surface area contributed by atoms with E-state index in [-0.39, 0.29) is 24.0 Å². The summed E-state index contributed by atoms with van der Waals surface area (Å²) in [5, 5.41) is 7.23. The summed E-state index contributed by atoms with van der Waals surface area (Å²) >= 11 is 1.88. The maximum Gasteiger partial charge on any atom is 0.191 e. The van der Waals surface area contributed by atoms with Gasteiger partial charge in [0.1, 0.15) is 0 Å².